The van der Waals surface area contributed by atoms with E-state index in [-0.39, 0.29) is 11.3 Å². The monoisotopic (exact) mass is 480 g/mol. The summed E-state index contributed by atoms with van der Waals surface area (Å²) in [5.74, 6) is 0.792. The Bertz CT molecular complexity index is 1370. The molecule has 6 heteroatoms. The van der Waals surface area contributed by atoms with E-state index in [1.54, 1.807) is 13.4 Å². The number of methoxy groups -OCH3 is 1. The van der Waals surface area contributed by atoms with E-state index in [9.17, 15) is 4.79 Å². The van der Waals surface area contributed by atoms with Crippen molar-refractivity contribution in [1.82, 2.24) is 20.2 Å². The van der Waals surface area contributed by atoms with Gasteiger partial charge in [-0.25, -0.2) is 4.98 Å². The van der Waals surface area contributed by atoms with Crippen LogP contribution in [0.15, 0.2) is 79.1 Å². The van der Waals surface area contributed by atoms with Gasteiger partial charge in [0.25, 0.3) is 0 Å². The molecule has 0 saturated heterocycles. The normalized spacial score (nSPS) is 15.6. The van der Waals surface area contributed by atoms with Crippen LogP contribution in [0.4, 0.5) is 0 Å². The van der Waals surface area contributed by atoms with E-state index in [1.807, 2.05) is 34.9 Å². The molecule has 1 aliphatic rings. The summed E-state index contributed by atoms with van der Waals surface area (Å²) in [6, 6.07) is 24.0. The van der Waals surface area contributed by atoms with Crippen LogP contribution in [-0.4, -0.2) is 28.0 Å². The molecule has 0 bridgehead atoms. The number of benzene rings is 3. The summed E-state index contributed by atoms with van der Waals surface area (Å²) in [5.41, 5.74) is 6.71. The summed E-state index contributed by atoms with van der Waals surface area (Å²) in [6.45, 7) is 7.72. The Kier molecular flexibility index (Phi) is 6.48. The fourth-order valence-electron chi connectivity index (χ4n) is 4.61. The maximum Gasteiger partial charge on any atom is 0.202 e. The van der Waals surface area contributed by atoms with Gasteiger partial charge in [-0.1, -0.05) is 48.5 Å². The Morgan fingerprint density at radius 2 is 1.81 bits per heavy atom. The van der Waals surface area contributed by atoms with Crippen molar-refractivity contribution in [3.63, 3.8) is 0 Å². The molecule has 0 fully saturated rings. The van der Waals surface area contributed by atoms with Gasteiger partial charge in [-0.2, -0.15) is 0 Å². The standard InChI is InChI=1S/C30H32N4O2/c1-30(2,3)33-17-22-16-21(10-15-25(22)20-8-6-5-7-9-20)27-29(35)28-26(18-31-27)32-19-34(28)23-11-13-24(36-4)14-12-23/h5-16,19,27,31,33H,17-18H2,1-4H3. The smallest absolute Gasteiger partial charge is 0.202 e. The van der Waals surface area contributed by atoms with E-state index in [0.29, 0.717) is 18.8 Å². The molecule has 0 spiro atoms. The van der Waals surface area contributed by atoms with Crippen molar-refractivity contribution < 1.29 is 9.53 Å². The largest absolute Gasteiger partial charge is 0.497 e. The first kappa shape index (κ1) is 24.0. The predicted molar refractivity (Wildman–Crippen MR) is 142 cm³/mol. The molecular formula is C30H32N4O2. The van der Waals surface area contributed by atoms with Crippen LogP contribution in [0.1, 0.15) is 54.1 Å². The number of carbonyl (C=O) groups excluding carboxylic acids is 1. The minimum absolute atomic E-state index is 0.0201. The molecule has 36 heavy (non-hydrogen) atoms. The lowest BCUT2D eigenvalue weighted by Crippen LogP contribution is -2.36. The van der Waals surface area contributed by atoms with Crippen LogP contribution < -0.4 is 15.4 Å². The molecule has 184 valence electrons. The summed E-state index contributed by atoms with van der Waals surface area (Å²) in [4.78, 5) is 18.3. The number of nitrogens with zero attached hydrogens (tertiary/aromatic N) is 2. The van der Waals surface area contributed by atoms with Gasteiger partial charge in [-0.05, 0) is 67.3 Å². The molecule has 0 saturated carbocycles. The third-order valence-corrected chi connectivity index (χ3v) is 6.52. The zero-order valence-corrected chi connectivity index (χ0v) is 21.2. The predicted octanol–water partition coefficient (Wildman–Crippen LogP) is 5.46. The molecule has 1 aromatic heterocycles. The first-order chi connectivity index (χ1) is 17.3. The number of fused-ring (bicyclic) bond motifs is 1. The number of imidazole rings is 1. The summed E-state index contributed by atoms with van der Waals surface area (Å²) in [6.07, 6.45) is 1.73. The van der Waals surface area contributed by atoms with Gasteiger partial charge < -0.3 is 10.1 Å². The number of aromatic nitrogens is 2. The summed E-state index contributed by atoms with van der Waals surface area (Å²) in [5, 5.41) is 7.03. The Labute approximate surface area is 212 Å². The first-order valence-electron chi connectivity index (χ1n) is 12.3. The average molecular weight is 481 g/mol. The highest BCUT2D eigenvalue weighted by atomic mass is 16.5. The van der Waals surface area contributed by atoms with Gasteiger partial charge in [0, 0.05) is 24.3 Å². The summed E-state index contributed by atoms with van der Waals surface area (Å²) in [7, 11) is 1.64. The van der Waals surface area contributed by atoms with Crippen molar-refractivity contribution >= 4 is 5.78 Å². The van der Waals surface area contributed by atoms with Crippen LogP contribution in [-0.2, 0) is 13.1 Å². The van der Waals surface area contributed by atoms with E-state index in [4.69, 9.17) is 4.74 Å². The first-order valence-corrected chi connectivity index (χ1v) is 12.3. The van der Waals surface area contributed by atoms with Crippen molar-refractivity contribution in [2.75, 3.05) is 7.11 Å². The maximum absolute atomic E-state index is 13.8. The van der Waals surface area contributed by atoms with E-state index in [1.165, 1.54) is 5.56 Å². The average Bonchev–Trinajstić information content (AvgIpc) is 3.33. The second kappa shape index (κ2) is 9.72. The highest BCUT2D eigenvalue weighted by molar-refractivity contribution is 6.01. The zero-order chi connectivity index (χ0) is 25.3. The minimum Gasteiger partial charge on any atom is -0.497 e. The minimum atomic E-state index is -0.440. The molecule has 6 nitrogen and oxygen atoms in total. The molecular weight excluding hydrogens is 448 g/mol. The van der Waals surface area contributed by atoms with Crippen molar-refractivity contribution in [2.24, 2.45) is 0 Å². The highest BCUT2D eigenvalue weighted by Crippen LogP contribution is 2.32. The zero-order valence-electron chi connectivity index (χ0n) is 21.2. The Morgan fingerprint density at radius 3 is 2.50 bits per heavy atom. The van der Waals surface area contributed by atoms with Gasteiger partial charge >= 0.3 is 0 Å². The third kappa shape index (κ3) is 4.83. The van der Waals surface area contributed by atoms with E-state index >= 15 is 0 Å². The van der Waals surface area contributed by atoms with Crippen molar-refractivity contribution in [3.05, 3.63) is 102 Å². The molecule has 0 amide bonds. The van der Waals surface area contributed by atoms with E-state index in [0.717, 1.165) is 33.8 Å². The third-order valence-electron chi connectivity index (χ3n) is 6.52. The number of hydrogen-bond acceptors (Lipinski definition) is 5. The SMILES string of the molecule is COc1ccc(-n2cnc3c2C(=O)C(c2ccc(-c4ccccc4)c(CNC(C)(C)C)c2)NC3)cc1. The van der Waals surface area contributed by atoms with Crippen LogP contribution >= 0.6 is 0 Å². The lowest BCUT2D eigenvalue weighted by molar-refractivity contribution is 0.0922. The Morgan fingerprint density at radius 1 is 1.06 bits per heavy atom. The lowest BCUT2D eigenvalue weighted by Gasteiger charge is -2.26. The van der Waals surface area contributed by atoms with Crippen LogP contribution in [0.25, 0.3) is 16.8 Å². The molecule has 1 atom stereocenters. The number of ketones is 1. The van der Waals surface area contributed by atoms with Gasteiger partial charge in [0.05, 0.1) is 18.8 Å². The Hall–Kier alpha value is -3.74. The summed E-state index contributed by atoms with van der Waals surface area (Å²) < 4.78 is 7.16. The van der Waals surface area contributed by atoms with Gasteiger partial charge in [0.15, 0.2) is 0 Å². The van der Waals surface area contributed by atoms with E-state index in [2.05, 4.69) is 78.9 Å². The molecule has 0 aliphatic carbocycles. The fraction of sp³-hybridized carbons (Fsp3) is 0.267. The van der Waals surface area contributed by atoms with Crippen LogP contribution in [0.5, 0.6) is 5.75 Å². The quantitative estimate of drug-likeness (QED) is 0.383. The van der Waals surface area contributed by atoms with E-state index < -0.39 is 6.04 Å². The molecule has 0 radical (unpaired) electrons. The van der Waals surface area contributed by atoms with Crippen molar-refractivity contribution in [3.8, 4) is 22.6 Å². The van der Waals surface area contributed by atoms with Gasteiger partial charge in [-0.15, -0.1) is 0 Å². The highest BCUT2D eigenvalue weighted by Gasteiger charge is 2.33. The number of hydrogen-bond donors (Lipinski definition) is 2. The van der Waals surface area contributed by atoms with Crippen molar-refractivity contribution in [2.45, 2.75) is 45.4 Å². The molecule has 1 unspecified atom stereocenters. The van der Waals surface area contributed by atoms with Crippen LogP contribution in [0, 0.1) is 0 Å². The van der Waals surface area contributed by atoms with Crippen LogP contribution in [0.2, 0.25) is 0 Å². The number of nitrogens with one attached hydrogen (secondary N) is 2. The number of Topliss-reactive ketones (excluding diaryl/α,β-unsaturated/α-hetero) is 1. The fourth-order valence-corrected chi connectivity index (χ4v) is 4.61. The lowest BCUT2D eigenvalue weighted by atomic mass is 9.91. The van der Waals surface area contributed by atoms with Gasteiger partial charge in [0.1, 0.15) is 17.8 Å². The molecule has 2 heterocycles. The van der Waals surface area contributed by atoms with Gasteiger partial charge in [0.2, 0.25) is 5.78 Å². The summed E-state index contributed by atoms with van der Waals surface area (Å²) >= 11 is 0. The second-order valence-electron chi connectivity index (χ2n) is 10.2. The Balaban J connectivity index is 1.50. The van der Waals surface area contributed by atoms with Crippen LogP contribution in [0.3, 0.4) is 0 Å². The molecule has 5 rings (SSSR count). The van der Waals surface area contributed by atoms with Gasteiger partial charge in [-0.3, -0.25) is 14.7 Å². The number of rotatable bonds is 6. The van der Waals surface area contributed by atoms with Crippen molar-refractivity contribution in [1.29, 1.82) is 0 Å². The molecule has 2 N–H and O–H groups in total. The maximum atomic E-state index is 13.8. The number of ether oxygens (including phenoxy) is 1. The molecule has 3 aromatic carbocycles. The topological polar surface area (TPSA) is 68.2 Å². The molecule has 1 aliphatic heterocycles. The number of carbonyl (C=O) groups is 1. The molecule has 4 aromatic rings. The second-order valence-corrected chi connectivity index (χ2v) is 10.2.